The fraction of sp³-hybridized carbons (Fsp3) is 0.207. The molecule has 0 aliphatic carbocycles. The first-order valence-corrected chi connectivity index (χ1v) is 14.5. The molecule has 0 atom stereocenters. The average molecular weight is 575 g/mol. The molecule has 0 fully saturated rings. The van der Waals surface area contributed by atoms with Crippen LogP contribution >= 0.6 is 0 Å². The molecule has 4 N–H and O–H groups in total. The lowest BCUT2D eigenvalue weighted by molar-refractivity contribution is 0.102. The zero-order valence-corrected chi connectivity index (χ0v) is 23.4. The molecule has 1 aliphatic rings. The van der Waals surface area contributed by atoms with E-state index in [-0.39, 0.29) is 23.0 Å². The Labute approximate surface area is 238 Å². The van der Waals surface area contributed by atoms with Crippen molar-refractivity contribution in [2.75, 3.05) is 43.3 Å². The lowest BCUT2D eigenvalue weighted by Gasteiger charge is -2.16. The number of rotatable bonds is 5. The van der Waals surface area contributed by atoms with Crippen LogP contribution in [0.2, 0.25) is 0 Å². The topological polar surface area (TPSA) is 144 Å². The summed E-state index contributed by atoms with van der Waals surface area (Å²) >= 11 is 0. The maximum Gasteiger partial charge on any atom is 0.255 e. The van der Waals surface area contributed by atoms with E-state index in [1.165, 1.54) is 19.2 Å². The number of hydrogen-bond donors (Lipinski definition) is 4. The second-order valence-electron chi connectivity index (χ2n) is 9.27. The third kappa shape index (κ3) is 6.73. The van der Waals surface area contributed by atoms with Crippen molar-refractivity contribution in [3.05, 3.63) is 78.5 Å². The van der Waals surface area contributed by atoms with Crippen molar-refractivity contribution in [1.82, 2.24) is 14.7 Å². The van der Waals surface area contributed by atoms with Crippen molar-refractivity contribution < 1.29 is 22.7 Å². The number of carbonyl (C=O) groups excluding carboxylic acids is 1. The number of anilines is 4. The lowest BCUT2D eigenvalue weighted by atomic mass is 10.1. The molecule has 5 rings (SSSR count). The van der Waals surface area contributed by atoms with Crippen LogP contribution in [0.4, 0.5) is 23.1 Å². The Kier molecular flexibility index (Phi) is 8.31. The standard InChI is InChI=1S/C29H30N6O5S/c1-39-23-10-8-19(9-11-23)26-18-31-29-34-22-14-20(28(36)33-21-6-5-7-24(16-21)40-2)15-25(17-22)41(37,38)32-13-4-3-12-30-27(26)35-29/h5-11,14-18,32H,3-4,12-13H2,1-2H3,(H,33,36)(H2,30,31,34,35). The maximum atomic E-state index is 13.2. The molecule has 2 heterocycles. The molecule has 11 nitrogen and oxygen atoms in total. The van der Waals surface area contributed by atoms with Crippen molar-refractivity contribution in [3.63, 3.8) is 0 Å². The van der Waals surface area contributed by atoms with Gasteiger partial charge in [-0.25, -0.2) is 18.1 Å². The van der Waals surface area contributed by atoms with E-state index in [1.807, 2.05) is 24.3 Å². The van der Waals surface area contributed by atoms with Crippen molar-refractivity contribution in [2.24, 2.45) is 0 Å². The minimum Gasteiger partial charge on any atom is -0.497 e. The summed E-state index contributed by atoms with van der Waals surface area (Å²) in [6, 6.07) is 18.8. The van der Waals surface area contributed by atoms with Gasteiger partial charge in [0.25, 0.3) is 5.91 Å². The van der Waals surface area contributed by atoms with E-state index < -0.39 is 15.9 Å². The van der Waals surface area contributed by atoms with Gasteiger partial charge in [0.1, 0.15) is 17.3 Å². The first kappa shape index (κ1) is 27.9. The molecule has 1 aromatic heterocycles. The van der Waals surface area contributed by atoms with Crippen LogP contribution in [0.1, 0.15) is 23.2 Å². The highest BCUT2D eigenvalue weighted by molar-refractivity contribution is 7.89. The number of benzene rings is 3. The molecule has 12 heteroatoms. The largest absolute Gasteiger partial charge is 0.497 e. The fourth-order valence-corrected chi connectivity index (χ4v) is 5.44. The molecule has 0 spiro atoms. The van der Waals surface area contributed by atoms with Crippen LogP contribution in [0.5, 0.6) is 11.5 Å². The summed E-state index contributed by atoms with van der Waals surface area (Å²) in [6.07, 6.45) is 3.00. The predicted octanol–water partition coefficient (Wildman–Crippen LogP) is 4.64. The van der Waals surface area contributed by atoms with E-state index in [0.717, 1.165) is 16.9 Å². The maximum absolute atomic E-state index is 13.2. The monoisotopic (exact) mass is 574 g/mol. The minimum atomic E-state index is -3.89. The lowest BCUT2D eigenvalue weighted by Crippen LogP contribution is -2.26. The van der Waals surface area contributed by atoms with Crippen LogP contribution in [0.25, 0.3) is 11.1 Å². The normalized spacial score (nSPS) is 14.5. The second-order valence-corrected chi connectivity index (χ2v) is 11.0. The number of aromatic nitrogens is 2. The molecule has 0 saturated heterocycles. The number of methoxy groups -OCH3 is 2. The fourth-order valence-electron chi connectivity index (χ4n) is 4.30. The predicted molar refractivity (Wildman–Crippen MR) is 158 cm³/mol. The SMILES string of the molecule is COc1ccc(-c2cnc3nc2NCCCCNS(=O)(=O)c2cc(cc(C(=O)Nc4cccc(OC)c4)c2)N3)cc1. The molecule has 4 bridgehead atoms. The number of hydrogen-bond acceptors (Lipinski definition) is 9. The molecule has 4 aromatic rings. The molecule has 0 unspecified atom stereocenters. The molecule has 1 amide bonds. The van der Waals surface area contributed by atoms with Gasteiger partial charge in [0, 0.05) is 47.9 Å². The van der Waals surface area contributed by atoms with Gasteiger partial charge in [-0.2, -0.15) is 4.98 Å². The first-order valence-electron chi connectivity index (χ1n) is 13.0. The molecular weight excluding hydrogens is 544 g/mol. The van der Waals surface area contributed by atoms with Crippen molar-refractivity contribution >= 4 is 39.1 Å². The van der Waals surface area contributed by atoms with Crippen molar-refractivity contribution in [1.29, 1.82) is 0 Å². The summed E-state index contributed by atoms with van der Waals surface area (Å²) in [4.78, 5) is 22.3. The molecule has 0 saturated carbocycles. The summed E-state index contributed by atoms with van der Waals surface area (Å²) in [5.41, 5.74) is 2.69. The van der Waals surface area contributed by atoms with Crippen LogP contribution in [-0.2, 0) is 10.0 Å². The van der Waals surface area contributed by atoms with Gasteiger partial charge < -0.3 is 25.4 Å². The van der Waals surface area contributed by atoms with Crippen LogP contribution in [0.15, 0.2) is 77.8 Å². The number of nitrogens with one attached hydrogen (secondary N) is 4. The Bertz CT molecular complexity index is 1660. The summed E-state index contributed by atoms with van der Waals surface area (Å²) < 4.78 is 39.4. The number of sulfonamides is 1. The number of fused-ring (bicyclic) bond motifs is 4. The molecule has 1 aliphatic heterocycles. The van der Waals surface area contributed by atoms with Gasteiger partial charge in [-0.05, 0) is 60.9 Å². The van der Waals surface area contributed by atoms with Gasteiger partial charge in [-0.1, -0.05) is 18.2 Å². The molecule has 212 valence electrons. The highest BCUT2D eigenvalue weighted by Crippen LogP contribution is 2.30. The summed E-state index contributed by atoms with van der Waals surface area (Å²) in [5.74, 6) is 1.69. The summed E-state index contributed by atoms with van der Waals surface area (Å²) in [6.45, 7) is 0.828. The molecular formula is C29H30N6O5S. The van der Waals surface area contributed by atoms with E-state index in [1.54, 1.807) is 43.6 Å². The molecule has 3 aromatic carbocycles. The van der Waals surface area contributed by atoms with Gasteiger partial charge >= 0.3 is 0 Å². The van der Waals surface area contributed by atoms with Crippen molar-refractivity contribution in [3.8, 4) is 22.6 Å². The quantitative estimate of drug-likeness (QED) is 0.268. The van der Waals surface area contributed by atoms with E-state index in [9.17, 15) is 13.2 Å². The number of carbonyl (C=O) groups is 1. The Balaban J connectivity index is 1.52. The Morgan fingerprint density at radius 3 is 2.49 bits per heavy atom. The smallest absolute Gasteiger partial charge is 0.255 e. The number of amides is 1. The number of ether oxygens (including phenoxy) is 2. The van der Waals surface area contributed by atoms with Crippen molar-refractivity contribution in [2.45, 2.75) is 17.7 Å². The zero-order valence-electron chi connectivity index (χ0n) is 22.6. The van der Waals surface area contributed by atoms with Gasteiger partial charge in [0.2, 0.25) is 16.0 Å². The highest BCUT2D eigenvalue weighted by atomic mass is 32.2. The Hall–Kier alpha value is -4.68. The third-order valence-electron chi connectivity index (χ3n) is 6.44. The van der Waals surface area contributed by atoms with Gasteiger partial charge in [0.05, 0.1) is 19.1 Å². The summed E-state index contributed by atoms with van der Waals surface area (Å²) in [5, 5.41) is 9.22. The molecule has 41 heavy (non-hydrogen) atoms. The van der Waals surface area contributed by atoms with E-state index in [2.05, 4.69) is 30.6 Å². The zero-order chi connectivity index (χ0) is 28.8. The second kappa shape index (κ2) is 12.2. The molecule has 0 radical (unpaired) electrons. The van der Waals surface area contributed by atoms with E-state index in [4.69, 9.17) is 9.47 Å². The summed E-state index contributed by atoms with van der Waals surface area (Å²) in [7, 11) is -0.742. The Morgan fingerprint density at radius 1 is 0.927 bits per heavy atom. The average Bonchev–Trinajstić information content (AvgIpc) is 2.98. The van der Waals surface area contributed by atoms with Gasteiger partial charge in [-0.15, -0.1) is 0 Å². The minimum absolute atomic E-state index is 0.0523. The Morgan fingerprint density at radius 2 is 1.71 bits per heavy atom. The van der Waals surface area contributed by atoms with E-state index >= 15 is 0 Å². The highest BCUT2D eigenvalue weighted by Gasteiger charge is 2.20. The van der Waals surface area contributed by atoms with Crippen LogP contribution in [0.3, 0.4) is 0 Å². The van der Waals surface area contributed by atoms with Crippen LogP contribution in [-0.4, -0.2) is 51.6 Å². The third-order valence-corrected chi connectivity index (χ3v) is 7.88. The van der Waals surface area contributed by atoms with Crippen LogP contribution in [0, 0.1) is 0 Å². The number of nitrogens with zero attached hydrogens (tertiary/aromatic N) is 2. The van der Waals surface area contributed by atoms with Gasteiger partial charge in [0.15, 0.2) is 0 Å². The first-order chi connectivity index (χ1) is 19.8. The van der Waals surface area contributed by atoms with Gasteiger partial charge in [-0.3, -0.25) is 4.79 Å². The van der Waals surface area contributed by atoms with E-state index in [0.29, 0.717) is 42.3 Å². The van der Waals surface area contributed by atoms with Crippen LogP contribution < -0.4 is 30.1 Å².